The minimum Gasteiger partial charge on any atom is -0.493 e. The first-order valence-corrected chi connectivity index (χ1v) is 10.7. The van der Waals surface area contributed by atoms with E-state index in [0.29, 0.717) is 32.4 Å². The van der Waals surface area contributed by atoms with Crippen LogP contribution in [-0.4, -0.2) is 43.6 Å². The fourth-order valence-corrected chi connectivity index (χ4v) is 5.38. The molecule has 0 radical (unpaired) electrons. The van der Waals surface area contributed by atoms with Crippen molar-refractivity contribution < 1.29 is 17.9 Å². The molecular formula is C18H26N2O4S. The Hall–Kier alpha value is -1.60. The number of amides is 1. The monoisotopic (exact) mass is 366 g/mol. The van der Waals surface area contributed by atoms with Gasteiger partial charge in [-0.3, -0.25) is 4.79 Å². The summed E-state index contributed by atoms with van der Waals surface area (Å²) in [7, 11) is -3.38. The zero-order chi connectivity index (χ0) is 17.9. The summed E-state index contributed by atoms with van der Waals surface area (Å²) < 4.78 is 32.1. The lowest BCUT2D eigenvalue weighted by Gasteiger charge is -2.35. The van der Waals surface area contributed by atoms with Crippen LogP contribution in [0.3, 0.4) is 0 Å². The second-order valence-electron chi connectivity index (χ2n) is 6.67. The minimum absolute atomic E-state index is 0.0941. The van der Waals surface area contributed by atoms with Crippen molar-refractivity contribution in [2.75, 3.05) is 18.9 Å². The molecule has 0 bridgehead atoms. The Morgan fingerprint density at radius 2 is 2.08 bits per heavy atom. The van der Waals surface area contributed by atoms with Gasteiger partial charge in [-0.25, -0.2) is 8.42 Å². The molecule has 1 amide bonds. The average Bonchev–Trinajstić information content (AvgIpc) is 2.62. The number of nitrogens with one attached hydrogen (secondary N) is 1. The molecule has 0 saturated carbocycles. The lowest BCUT2D eigenvalue weighted by Crippen LogP contribution is -2.53. The van der Waals surface area contributed by atoms with Gasteiger partial charge in [0.25, 0.3) is 0 Å². The first-order valence-electron chi connectivity index (χ1n) is 9.04. The Morgan fingerprint density at radius 3 is 2.88 bits per heavy atom. The summed E-state index contributed by atoms with van der Waals surface area (Å²) in [5.41, 5.74) is 0.959. The van der Waals surface area contributed by atoms with Crippen LogP contribution in [0.15, 0.2) is 24.3 Å². The average molecular weight is 366 g/mol. The van der Waals surface area contributed by atoms with E-state index < -0.39 is 16.1 Å². The number of benzene rings is 1. The van der Waals surface area contributed by atoms with Crippen molar-refractivity contribution in [1.82, 2.24) is 9.62 Å². The number of carbonyl (C=O) groups is 1. The van der Waals surface area contributed by atoms with Crippen molar-refractivity contribution in [1.29, 1.82) is 0 Å². The van der Waals surface area contributed by atoms with Gasteiger partial charge in [0.2, 0.25) is 15.9 Å². The topological polar surface area (TPSA) is 75.7 Å². The molecule has 0 spiro atoms. The number of hydrogen-bond acceptors (Lipinski definition) is 4. The maximum Gasteiger partial charge on any atom is 0.238 e. The maximum atomic E-state index is 12.9. The van der Waals surface area contributed by atoms with Gasteiger partial charge in [-0.2, -0.15) is 4.31 Å². The van der Waals surface area contributed by atoms with E-state index in [9.17, 15) is 13.2 Å². The van der Waals surface area contributed by atoms with Gasteiger partial charge in [0.05, 0.1) is 18.4 Å². The number of nitrogens with zero attached hydrogens (tertiary/aromatic N) is 1. The summed E-state index contributed by atoms with van der Waals surface area (Å²) in [6.45, 7) is 2.82. The summed E-state index contributed by atoms with van der Waals surface area (Å²) in [5.74, 6) is 0.691. The van der Waals surface area contributed by atoms with Crippen LogP contribution in [-0.2, 0) is 14.8 Å². The highest BCUT2D eigenvalue weighted by Crippen LogP contribution is 2.32. The van der Waals surface area contributed by atoms with E-state index in [0.717, 1.165) is 24.2 Å². The van der Waals surface area contributed by atoms with Crippen LogP contribution in [0, 0.1) is 0 Å². The number of sulfonamides is 1. The SMILES string of the molecule is CCCS(=O)(=O)N1CCCC[C@H]1C(=O)N[C@@H]1CCOc2ccccc21. The Bertz CT molecular complexity index is 720. The molecule has 25 heavy (non-hydrogen) atoms. The van der Waals surface area contributed by atoms with Crippen molar-refractivity contribution >= 4 is 15.9 Å². The van der Waals surface area contributed by atoms with Crippen LogP contribution in [0.25, 0.3) is 0 Å². The zero-order valence-corrected chi connectivity index (χ0v) is 15.4. The highest BCUT2D eigenvalue weighted by molar-refractivity contribution is 7.89. The summed E-state index contributed by atoms with van der Waals surface area (Å²) in [6, 6.07) is 6.95. The summed E-state index contributed by atoms with van der Waals surface area (Å²) in [4.78, 5) is 12.9. The second-order valence-corrected chi connectivity index (χ2v) is 8.72. The number of ether oxygens (including phenoxy) is 1. The number of piperidine rings is 1. The number of rotatable bonds is 5. The predicted molar refractivity (Wildman–Crippen MR) is 95.9 cm³/mol. The van der Waals surface area contributed by atoms with E-state index in [-0.39, 0.29) is 17.7 Å². The van der Waals surface area contributed by atoms with Crippen molar-refractivity contribution in [3.05, 3.63) is 29.8 Å². The molecule has 7 heteroatoms. The van der Waals surface area contributed by atoms with Gasteiger partial charge in [0.1, 0.15) is 11.8 Å². The maximum absolute atomic E-state index is 12.9. The zero-order valence-electron chi connectivity index (χ0n) is 14.6. The van der Waals surface area contributed by atoms with Gasteiger partial charge in [-0.1, -0.05) is 31.5 Å². The first kappa shape index (κ1) is 18.2. The fourth-order valence-electron chi connectivity index (χ4n) is 3.64. The van der Waals surface area contributed by atoms with Crippen molar-refractivity contribution in [2.24, 2.45) is 0 Å². The highest BCUT2D eigenvalue weighted by Gasteiger charge is 2.37. The number of carbonyl (C=O) groups excluding carboxylic acids is 1. The van der Waals surface area contributed by atoms with Crippen LogP contribution in [0.2, 0.25) is 0 Å². The van der Waals surface area contributed by atoms with Crippen molar-refractivity contribution in [3.8, 4) is 5.75 Å². The molecule has 6 nitrogen and oxygen atoms in total. The van der Waals surface area contributed by atoms with E-state index >= 15 is 0 Å². The third-order valence-corrected chi connectivity index (χ3v) is 6.93. The van der Waals surface area contributed by atoms with Crippen molar-refractivity contribution in [2.45, 2.75) is 51.1 Å². The molecule has 1 saturated heterocycles. The molecule has 2 aliphatic rings. The van der Waals surface area contributed by atoms with E-state index in [2.05, 4.69) is 5.32 Å². The summed E-state index contributed by atoms with van der Waals surface area (Å²) in [5, 5.41) is 3.06. The Balaban J connectivity index is 1.76. The Morgan fingerprint density at radius 1 is 1.28 bits per heavy atom. The molecule has 138 valence electrons. The highest BCUT2D eigenvalue weighted by atomic mass is 32.2. The lowest BCUT2D eigenvalue weighted by atomic mass is 9.99. The molecule has 0 aromatic heterocycles. The predicted octanol–water partition coefficient (Wildman–Crippen LogP) is 2.22. The van der Waals surface area contributed by atoms with E-state index in [1.165, 1.54) is 4.31 Å². The van der Waals surface area contributed by atoms with Crippen LogP contribution in [0.5, 0.6) is 5.75 Å². The normalized spacial score (nSPS) is 24.2. The standard InChI is InChI=1S/C18H26N2O4S/c1-2-13-25(22,23)20-11-6-5-8-16(20)18(21)19-15-10-12-24-17-9-4-3-7-14(15)17/h3-4,7,9,15-16H,2,5-6,8,10-13H2,1H3,(H,19,21)/t15-,16+/m1/s1. The van der Waals surface area contributed by atoms with E-state index in [4.69, 9.17) is 4.74 Å². The molecular weight excluding hydrogens is 340 g/mol. The van der Waals surface area contributed by atoms with Gasteiger partial charge in [-0.05, 0) is 25.3 Å². The molecule has 1 aromatic rings. The van der Waals surface area contributed by atoms with Gasteiger partial charge < -0.3 is 10.1 Å². The molecule has 1 aromatic carbocycles. The first-order chi connectivity index (χ1) is 12.0. The summed E-state index contributed by atoms with van der Waals surface area (Å²) >= 11 is 0. The second kappa shape index (κ2) is 7.74. The molecule has 1 fully saturated rings. The number of hydrogen-bond donors (Lipinski definition) is 1. The Labute approximate surface area is 149 Å². The Kier molecular flexibility index (Phi) is 5.64. The largest absolute Gasteiger partial charge is 0.493 e. The quantitative estimate of drug-likeness (QED) is 0.867. The minimum atomic E-state index is -3.38. The van der Waals surface area contributed by atoms with Gasteiger partial charge >= 0.3 is 0 Å². The van der Waals surface area contributed by atoms with Crippen LogP contribution in [0.1, 0.15) is 50.6 Å². The smallest absolute Gasteiger partial charge is 0.238 e. The van der Waals surface area contributed by atoms with Crippen LogP contribution in [0.4, 0.5) is 0 Å². The molecule has 0 aliphatic carbocycles. The molecule has 1 N–H and O–H groups in total. The van der Waals surface area contributed by atoms with Gasteiger partial charge in [0.15, 0.2) is 0 Å². The lowest BCUT2D eigenvalue weighted by molar-refractivity contribution is -0.126. The molecule has 2 aliphatic heterocycles. The summed E-state index contributed by atoms with van der Waals surface area (Å²) in [6.07, 6.45) is 3.52. The third kappa shape index (κ3) is 3.98. The van der Waals surface area contributed by atoms with Gasteiger partial charge in [-0.15, -0.1) is 0 Å². The third-order valence-electron chi connectivity index (χ3n) is 4.85. The van der Waals surface area contributed by atoms with Crippen molar-refractivity contribution in [3.63, 3.8) is 0 Å². The molecule has 0 unspecified atom stereocenters. The van der Waals surface area contributed by atoms with E-state index in [1.54, 1.807) is 0 Å². The van der Waals surface area contributed by atoms with Gasteiger partial charge in [0, 0.05) is 18.5 Å². The van der Waals surface area contributed by atoms with Crippen LogP contribution < -0.4 is 10.1 Å². The number of fused-ring (bicyclic) bond motifs is 1. The molecule has 2 heterocycles. The van der Waals surface area contributed by atoms with E-state index in [1.807, 2.05) is 31.2 Å². The fraction of sp³-hybridized carbons (Fsp3) is 0.611. The number of para-hydroxylation sites is 1. The molecule has 2 atom stereocenters. The molecule has 3 rings (SSSR count). The van der Waals surface area contributed by atoms with Crippen LogP contribution >= 0.6 is 0 Å².